The van der Waals surface area contributed by atoms with Gasteiger partial charge in [0.2, 0.25) is 0 Å². The molecular formula is C15H21FN2O. The van der Waals surface area contributed by atoms with Crippen LogP contribution in [-0.4, -0.2) is 31.6 Å². The SMILES string of the molecule is CNC(c1cc2cc(F)ccc2o1)C(C)(C)N(C)C. The van der Waals surface area contributed by atoms with Crippen molar-refractivity contribution < 1.29 is 8.81 Å². The molecule has 0 saturated heterocycles. The highest BCUT2D eigenvalue weighted by Crippen LogP contribution is 2.33. The van der Waals surface area contributed by atoms with Crippen LogP contribution in [0.3, 0.4) is 0 Å². The largest absolute Gasteiger partial charge is 0.459 e. The highest BCUT2D eigenvalue weighted by atomic mass is 19.1. The third kappa shape index (κ3) is 2.51. The molecule has 1 N–H and O–H groups in total. The molecule has 1 heterocycles. The van der Waals surface area contributed by atoms with Crippen molar-refractivity contribution in [2.75, 3.05) is 21.1 Å². The number of hydrogen-bond donors (Lipinski definition) is 1. The zero-order chi connectivity index (χ0) is 14.2. The Hall–Kier alpha value is -1.39. The van der Waals surface area contributed by atoms with Crippen LogP contribution in [0.1, 0.15) is 25.6 Å². The van der Waals surface area contributed by atoms with Crippen LogP contribution >= 0.6 is 0 Å². The number of benzene rings is 1. The molecule has 0 bridgehead atoms. The van der Waals surface area contributed by atoms with E-state index in [1.807, 2.05) is 27.2 Å². The van der Waals surface area contributed by atoms with Crippen LogP contribution in [0.25, 0.3) is 11.0 Å². The molecule has 0 aliphatic rings. The molecule has 0 saturated carbocycles. The second-order valence-corrected chi connectivity index (χ2v) is 5.60. The summed E-state index contributed by atoms with van der Waals surface area (Å²) in [6.07, 6.45) is 0. The minimum Gasteiger partial charge on any atom is -0.459 e. The number of furan rings is 1. The molecular weight excluding hydrogens is 243 g/mol. The topological polar surface area (TPSA) is 28.4 Å². The summed E-state index contributed by atoms with van der Waals surface area (Å²) in [4.78, 5) is 2.14. The maximum absolute atomic E-state index is 13.2. The summed E-state index contributed by atoms with van der Waals surface area (Å²) >= 11 is 0. The Kier molecular flexibility index (Phi) is 3.65. The lowest BCUT2D eigenvalue weighted by molar-refractivity contribution is 0.131. The van der Waals surface area contributed by atoms with Gasteiger partial charge in [-0.25, -0.2) is 4.39 Å². The Morgan fingerprint density at radius 3 is 2.53 bits per heavy atom. The third-order valence-electron chi connectivity index (χ3n) is 3.93. The van der Waals surface area contributed by atoms with Gasteiger partial charge >= 0.3 is 0 Å². The molecule has 1 aromatic heterocycles. The maximum atomic E-state index is 13.2. The van der Waals surface area contributed by atoms with E-state index in [1.54, 1.807) is 6.07 Å². The predicted molar refractivity (Wildman–Crippen MR) is 75.7 cm³/mol. The molecule has 19 heavy (non-hydrogen) atoms. The first-order valence-corrected chi connectivity index (χ1v) is 6.40. The van der Waals surface area contributed by atoms with E-state index in [0.29, 0.717) is 5.58 Å². The zero-order valence-electron chi connectivity index (χ0n) is 12.1. The summed E-state index contributed by atoms with van der Waals surface area (Å²) in [5, 5.41) is 4.08. The number of rotatable bonds is 4. The van der Waals surface area contributed by atoms with E-state index in [9.17, 15) is 4.39 Å². The molecule has 1 atom stereocenters. The standard InChI is InChI=1S/C15H21FN2O/c1-15(2,18(4)5)14(17-3)13-9-10-8-11(16)6-7-12(10)19-13/h6-9,14,17H,1-5H3. The normalized spacial score (nSPS) is 14.3. The zero-order valence-corrected chi connectivity index (χ0v) is 12.1. The van der Waals surface area contributed by atoms with Gasteiger partial charge in [-0.15, -0.1) is 0 Å². The van der Waals surface area contributed by atoms with Crippen LogP contribution in [-0.2, 0) is 0 Å². The lowest BCUT2D eigenvalue weighted by atomic mass is 9.91. The second kappa shape index (κ2) is 4.94. The fourth-order valence-electron chi connectivity index (χ4n) is 2.28. The van der Waals surface area contributed by atoms with Crippen molar-refractivity contribution in [3.8, 4) is 0 Å². The summed E-state index contributed by atoms with van der Waals surface area (Å²) < 4.78 is 19.1. The molecule has 3 nitrogen and oxygen atoms in total. The van der Waals surface area contributed by atoms with Gasteiger partial charge in [-0.05, 0) is 59.3 Å². The van der Waals surface area contributed by atoms with Gasteiger partial charge in [0.15, 0.2) is 0 Å². The Morgan fingerprint density at radius 2 is 1.95 bits per heavy atom. The Bertz CT molecular complexity index is 575. The van der Waals surface area contributed by atoms with Crippen molar-refractivity contribution in [3.05, 3.63) is 35.8 Å². The van der Waals surface area contributed by atoms with E-state index in [1.165, 1.54) is 12.1 Å². The van der Waals surface area contributed by atoms with Crippen LogP contribution in [0.15, 0.2) is 28.7 Å². The first kappa shape index (κ1) is 14.0. The van der Waals surface area contributed by atoms with Gasteiger partial charge in [-0.2, -0.15) is 0 Å². The summed E-state index contributed by atoms with van der Waals surface area (Å²) in [6, 6.07) is 6.52. The summed E-state index contributed by atoms with van der Waals surface area (Å²) in [6.45, 7) is 4.28. The Labute approximate surface area is 113 Å². The minimum absolute atomic E-state index is 0.0259. The van der Waals surface area contributed by atoms with Crippen molar-refractivity contribution in [1.29, 1.82) is 0 Å². The quantitative estimate of drug-likeness (QED) is 0.919. The van der Waals surface area contributed by atoms with Crippen molar-refractivity contribution in [2.45, 2.75) is 25.4 Å². The molecule has 0 aliphatic heterocycles. The van der Waals surface area contributed by atoms with Gasteiger partial charge in [0.1, 0.15) is 17.2 Å². The van der Waals surface area contributed by atoms with Crippen molar-refractivity contribution >= 4 is 11.0 Å². The number of nitrogens with one attached hydrogen (secondary N) is 1. The number of halogens is 1. The van der Waals surface area contributed by atoms with Crippen molar-refractivity contribution in [3.63, 3.8) is 0 Å². The summed E-state index contributed by atoms with van der Waals surface area (Å²) in [5.41, 5.74) is 0.590. The second-order valence-electron chi connectivity index (χ2n) is 5.60. The summed E-state index contributed by atoms with van der Waals surface area (Å²) in [5.74, 6) is 0.578. The van der Waals surface area contributed by atoms with Gasteiger partial charge in [-0.3, -0.25) is 0 Å². The van der Waals surface area contributed by atoms with Gasteiger partial charge in [0, 0.05) is 10.9 Å². The first-order valence-electron chi connectivity index (χ1n) is 6.40. The van der Waals surface area contributed by atoms with Crippen LogP contribution in [0.2, 0.25) is 0 Å². The molecule has 0 aliphatic carbocycles. The van der Waals surface area contributed by atoms with Gasteiger partial charge in [0.25, 0.3) is 0 Å². The summed E-state index contributed by atoms with van der Waals surface area (Å²) in [7, 11) is 5.98. The average Bonchev–Trinajstić information content (AvgIpc) is 2.71. The highest BCUT2D eigenvalue weighted by Gasteiger charge is 2.34. The van der Waals surface area contributed by atoms with E-state index >= 15 is 0 Å². The fraction of sp³-hybridized carbons (Fsp3) is 0.467. The molecule has 0 radical (unpaired) electrons. The van der Waals surface area contributed by atoms with E-state index in [2.05, 4.69) is 24.1 Å². The van der Waals surface area contributed by atoms with Crippen LogP contribution in [0.4, 0.5) is 4.39 Å². The van der Waals surface area contributed by atoms with Crippen LogP contribution in [0, 0.1) is 5.82 Å². The average molecular weight is 264 g/mol. The van der Waals surface area contributed by atoms with Crippen molar-refractivity contribution in [1.82, 2.24) is 10.2 Å². The highest BCUT2D eigenvalue weighted by molar-refractivity contribution is 5.78. The monoisotopic (exact) mass is 264 g/mol. The van der Waals surface area contributed by atoms with E-state index in [4.69, 9.17) is 4.42 Å². The van der Waals surface area contributed by atoms with Crippen LogP contribution < -0.4 is 5.32 Å². The van der Waals surface area contributed by atoms with Gasteiger partial charge < -0.3 is 14.6 Å². The molecule has 0 spiro atoms. The van der Waals surface area contributed by atoms with Gasteiger partial charge in [0.05, 0.1) is 6.04 Å². The first-order chi connectivity index (χ1) is 8.86. The molecule has 4 heteroatoms. The van der Waals surface area contributed by atoms with Gasteiger partial charge in [-0.1, -0.05) is 0 Å². The fourth-order valence-corrected chi connectivity index (χ4v) is 2.28. The number of hydrogen-bond acceptors (Lipinski definition) is 3. The third-order valence-corrected chi connectivity index (χ3v) is 3.93. The molecule has 0 fully saturated rings. The van der Waals surface area contributed by atoms with Crippen LogP contribution in [0.5, 0.6) is 0 Å². The van der Waals surface area contributed by atoms with Crippen molar-refractivity contribution in [2.24, 2.45) is 0 Å². The number of nitrogens with zero attached hydrogens (tertiary/aromatic N) is 1. The van der Waals surface area contributed by atoms with E-state index in [-0.39, 0.29) is 17.4 Å². The molecule has 1 aromatic carbocycles. The Balaban J connectivity index is 2.46. The molecule has 104 valence electrons. The number of likely N-dealkylation sites (N-methyl/N-ethyl adjacent to an activating group) is 2. The molecule has 1 unspecified atom stereocenters. The maximum Gasteiger partial charge on any atom is 0.134 e. The predicted octanol–water partition coefficient (Wildman–Crippen LogP) is 3.17. The molecule has 2 aromatic rings. The van der Waals surface area contributed by atoms with E-state index < -0.39 is 0 Å². The minimum atomic E-state index is -0.243. The Morgan fingerprint density at radius 1 is 1.26 bits per heavy atom. The lowest BCUT2D eigenvalue weighted by Crippen LogP contribution is -2.48. The molecule has 0 amide bonds. The molecule has 2 rings (SSSR count). The lowest BCUT2D eigenvalue weighted by Gasteiger charge is -2.38. The van der Waals surface area contributed by atoms with E-state index in [0.717, 1.165) is 11.1 Å². The smallest absolute Gasteiger partial charge is 0.134 e. The number of fused-ring (bicyclic) bond motifs is 1.